The average molecular weight is 317 g/mol. The molecule has 0 spiro atoms. The Balaban J connectivity index is 1.64. The fourth-order valence-corrected chi connectivity index (χ4v) is 2.55. The number of amides is 1. The Bertz CT molecular complexity index is 814. The van der Waals surface area contributed by atoms with Crippen LogP contribution in [0.4, 0.5) is 5.69 Å². The summed E-state index contributed by atoms with van der Waals surface area (Å²) in [5.74, 6) is -0.460. The number of carbonyl (C=O) groups is 1. The van der Waals surface area contributed by atoms with Crippen molar-refractivity contribution in [3.05, 3.63) is 95.3 Å². The summed E-state index contributed by atoms with van der Waals surface area (Å²) in [4.78, 5) is 15.4. The smallest absolute Gasteiger partial charge is 0.250 e. The molecule has 0 unspecified atom stereocenters. The van der Waals surface area contributed by atoms with E-state index in [4.69, 9.17) is 5.73 Å². The predicted molar refractivity (Wildman–Crippen MR) is 95.8 cm³/mol. The Morgan fingerprint density at radius 1 is 0.917 bits per heavy atom. The summed E-state index contributed by atoms with van der Waals surface area (Å²) < 4.78 is 0. The van der Waals surface area contributed by atoms with Crippen LogP contribution in [0.15, 0.2) is 73.1 Å². The maximum absolute atomic E-state index is 11.4. The summed E-state index contributed by atoms with van der Waals surface area (Å²) in [6, 6.07) is 20.4. The molecule has 1 amide bonds. The molecule has 0 radical (unpaired) electrons. The molecule has 2 aromatic carbocycles. The molecule has 0 aliphatic heterocycles. The van der Waals surface area contributed by atoms with E-state index in [9.17, 15) is 4.79 Å². The van der Waals surface area contributed by atoms with Gasteiger partial charge in [0, 0.05) is 12.7 Å². The molecule has 1 heterocycles. The fraction of sp³-hybridized carbons (Fsp3) is 0.100. The number of rotatable bonds is 6. The van der Waals surface area contributed by atoms with Crippen molar-refractivity contribution in [3.63, 3.8) is 0 Å². The first kappa shape index (κ1) is 15.7. The maximum Gasteiger partial charge on any atom is 0.250 e. The molecule has 0 bridgehead atoms. The van der Waals surface area contributed by atoms with Crippen LogP contribution in [0.5, 0.6) is 0 Å². The summed E-state index contributed by atoms with van der Waals surface area (Å²) in [5, 5.41) is 3.22. The minimum Gasteiger partial charge on any atom is -0.379 e. The number of nitrogens with zero attached hydrogens (tertiary/aromatic N) is 1. The summed E-state index contributed by atoms with van der Waals surface area (Å²) in [6.07, 6.45) is 4.09. The number of primary amides is 1. The van der Waals surface area contributed by atoms with Gasteiger partial charge < -0.3 is 11.1 Å². The molecule has 0 saturated carbocycles. The van der Waals surface area contributed by atoms with Gasteiger partial charge in [0.1, 0.15) is 0 Å². The van der Waals surface area contributed by atoms with E-state index in [2.05, 4.69) is 58.8 Å². The molecule has 0 saturated heterocycles. The van der Waals surface area contributed by atoms with Gasteiger partial charge in [-0.2, -0.15) is 0 Å². The minimum atomic E-state index is -0.460. The molecule has 0 fully saturated rings. The number of hydrogen-bond donors (Lipinski definition) is 2. The van der Waals surface area contributed by atoms with Crippen LogP contribution in [0.2, 0.25) is 0 Å². The van der Waals surface area contributed by atoms with Gasteiger partial charge in [-0.15, -0.1) is 0 Å². The molecule has 1 aromatic heterocycles. The predicted octanol–water partition coefficient (Wildman–Crippen LogP) is 3.38. The first-order chi connectivity index (χ1) is 11.7. The van der Waals surface area contributed by atoms with Crippen LogP contribution in [0.1, 0.15) is 27.0 Å². The lowest BCUT2D eigenvalue weighted by Gasteiger charge is -2.10. The van der Waals surface area contributed by atoms with Crippen LogP contribution in [-0.4, -0.2) is 10.9 Å². The number of benzene rings is 2. The zero-order chi connectivity index (χ0) is 16.8. The lowest BCUT2D eigenvalue weighted by Crippen LogP contribution is -2.14. The number of aromatic nitrogens is 1. The summed E-state index contributed by atoms with van der Waals surface area (Å²) in [5.41, 5.74) is 10.2. The van der Waals surface area contributed by atoms with E-state index in [1.165, 1.54) is 11.1 Å². The maximum atomic E-state index is 11.4. The van der Waals surface area contributed by atoms with Crippen LogP contribution in [0.3, 0.4) is 0 Å². The first-order valence-electron chi connectivity index (χ1n) is 7.82. The molecular weight excluding hydrogens is 298 g/mol. The van der Waals surface area contributed by atoms with Crippen molar-refractivity contribution < 1.29 is 4.79 Å². The molecule has 0 aliphatic carbocycles. The molecule has 4 nitrogen and oxygen atoms in total. The van der Waals surface area contributed by atoms with Crippen molar-refractivity contribution in [2.75, 3.05) is 5.32 Å². The summed E-state index contributed by atoms with van der Waals surface area (Å²) >= 11 is 0. The average Bonchev–Trinajstić information content (AvgIpc) is 2.62. The van der Waals surface area contributed by atoms with E-state index >= 15 is 0 Å². The standard InChI is InChI=1S/C20H19N3O/c21-20(24)18-10-11-22-14-19(18)23-13-17-8-6-16(7-9-17)12-15-4-2-1-3-5-15/h1-11,14,23H,12-13H2,(H2,21,24). The fourth-order valence-electron chi connectivity index (χ4n) is 2.55. The highest BCUT2D eigenvalue weighted by molar-refractivity contribution is 5.98. The molecule has 4 heteroatoms. The van der Waals surface area contributed by atoms with Gasteiger partial charge in [0.15, 0.2) is 0 Å². The van der Waals surface area contributed by atoms with Crippen molar-refractivity contribution in [1.29, 1.82) is 0 Å². The van der Waals surface area contributed by atoms with Crippen molar-refractivity contribution in [1.82, 2.24) is 4.98 Å². The second kappa shape index (κ2) is 7.42. The quantitative estimate of drug-likeness (QED) is 0.732. The third kappa shape index (κ3) is 3.98. The molecule has 0 aliphatic rings. The third-order valence-corrected chi connectivity index (χ3v) is 3.84. The Kier molecular flexibility index (Phi) is 4.87. The highest BCUT2D eigenvalue weighted by atomic mass is 16.1. The number of anilines is 1. The molecule has 24 heavy (non-hydrogen) atoms. The van der Waals surface area contributed by atoms with E-state index in [0.717, 1.165) is 12.0 Å². The van der Waals surface area contributed by atoms with Gasteiger partial charge >= 0.3 is 0 Å². The van der Waals surface area contributed by atoms with Crippen molar-refractivity contribution in [2.45, 2.75) is 13.0 Å². The minimum absolute atomic E-state index is 0.450. The zero-order valence-electron chi connectivity index (χ0n) is 13.3. The van der Waals surface area contributed by atoms with E-state index < -0.39 is 5.91 Å². The normalized spacial score (nSPS) is 10.3. The number of carbonyl (C=O) groups excluding carboxylic acids is 1. The Labute approximate surface area is 141 Å². The molecular formula is C20H19N3O. The molecule has 3 rings (SSSR count). The SMILES string of the molecule is NC(=O)c1ccncc1NCc1ccc(Cc2ccccc2)cc1. The summed E-state index contributed by atoms with van der Waals surface area (Å²) in [7, 11) is 0. The van der Waals surface area contributed by atoms with Crippen LogP contribution < -0.4 is 11.1 Å². The molecule has 3 N–H and O–H groups in total. The van der Waals surface area contributed by atoms with E-state index in [1.807, 2.05) is 6.07 Å². The van der Waals surface area contributed by atoms with Crippen molar-refractivity contribution in [3.8, 4) is 0 Å². The molecule has 3 aromatic rings. The Morgan fingerprint density at radius 2 is 1.58 bits per heavy atom. The highest BCUT2D eigenvalue weighted by Gasteiger charge is 2.07. The van der Waals surface area contributed by atoms with Gasteiger partial charge in [0.2, 0.25) is 0 Å². The Hall–Kier alpha value is -3.14. The number of hydrogen-bond acceptors (Lipinski definition) is 3. The zero-order valence-corrected chi connectivity index (χ0v) is 13.3. The lowest BCUT2D eigenvalue weighted by molar-refractivity contribution is 0.100. The Morgan fingerprint density at radius 3 is 2.29 bits per heavy atom. The van der Waals surface area contributed by atoms with Gasteiger partial charge in [-0.3, -0.25) is 9.78 Å². The number of nitrogens with one attached hydrogen (secondary N) is 1. The van der Waals surface area contributed by atoms with Gasteiger partial charge in [0.05, 0.1) is 17.4 Å². The van der Waals surface area contributed by atoms with Crippen LogP contribution >= 0.6 is 0 Å². The highest BCUT2D eigenvalue weighted by Crippen LogP contribution is 2.15. The molecule has 0 atom stereocenters. The van der Waals surface area contributed by atoms with Crippen LogP contribution in [0, 0.1) is 0 Å². The summed E-state index contributed by atoms with van der Waals surface area (Å²) in [6.45, 7) is 0.609. The van der Waals surface area contributed by atoms with Crippen molar-refractivity contribution in [2.24, 2.45) is 5.73 Å². The number of nitrogens with two attached hydrogens (primary N) is 1. The third-order valence-electron chi connectivity index (χ3n) is 3.84. The largest absolute Gasteiger partial charge is 0.379 e. The topological polar surface area (TPSA) is 68.0 Å². The second-order valence-corrected chi connectivity index (χ2v) is 5.62. The van der Waals surface area contributed by atoms with Gasteiger partial charge in [-0.1, -0.05) is 54.6 Å². The van der Waals surface area contributed by atoms with Gasteiger partial charge in [0.25, 0.3) is 5.91 Å². The first-order valence-corrected chi connectivity index (χ1v) is 7.82. The second-order valence-electron chi connectivity index (χ2n) is 5.62. The number of pyridine rings is 1. The van der Waals surface area contributed by atoms with Crippen LogP contribution in [-0.2, 0) is 13.0 Å². The van der Waals surface area contributed by atoms with Crippen molar-refractivity contribution >= 4 is 11.6 Å². The van der Waals surface area contributed by atoms with E-state index in [0.29, 0.717) is 17.8 Å². The van der Waals surface area contributed by atoms with Gasteiger partial charge in [-0.25, -0.2) is 0 Å². The monoisotopic (exact) mass is 317 g/mol. The van der Waals surface area contributed by atoms with E-state index in [-0.39, 0.29) is 0 Å². The van der Waals surface area contributed by atoms with E-state index in [1.54, 1.807) is 18.5 Å². The van der Waals surface area contributed by atoms with Crippen LogP contribution in [0.25, 0.3) is 0 Å². The van der Waals surface area contributed by atoms with Gasteiger partial charge in [-0.05, 0) is 29.2 Å². The molecule has 120 valence electrons. The lowest BCUT2D eigenvalue weighted by atomic mass is 10.0.